The highest BCUT2D eigenvalue weighted by molar-refractivity contribution is 6.05. The van der Waals surface area contributed by atoms with Crippen LogP contribution in [-0.4, -0.2) is 4.98 Å². The predicted octanol–water partition coefficient (Wildman–Crippen LogP) is 4.75. The van der Waals surface area contributed by atoms with E-state index < -0.39 is 0 Å². The fraction of sp³-hybridized carbons (Fsp3) is 0. The van der Waals surface area contributed by atoms with Gasteiger partial charge in [-0.1, -0.05) is 41.5 Å². The second-order valence-corrected chi connectivity index (χ2v) is 3.68. The van der Waals surface area contributed by atoms with Crippen molar-refractivity contribution in [3.05, 3.63) is 59.0 Å². The number of para-hydroxylation sites is 2. The molecule has 0 spiro atoms. The summed E-state index contributed by atoms with van der Waals surface area (Å²) in [5.41, 5.74) is 11.0. The zero-order chi connectivity index (χ0) is 11.7. The molecule has 0 aliphatic heterocycles. The number of pyridine rings is 1. The third kappa shape index (κ3) is 1.84. The summed E-state index contributed by atoms with van der Waals surface area (Å²) in [7, 11) is 0. The van der Waals surface area contributed by atoms with E-state index >= 15 is 0 Å². The third-order valence-electron chi connectivity index (χ3n) is 2.70. The van der Waals surface area contributed by atoms with Crippen molar-refractivity contribution >= 4 is 39.9 Å². The van der Waals surface area contributed by atoms with Gasteiger partial charge in [-0.05, 0) is 17.7 Å². The average molecular weight is 257 g/mol. The molecule has 0 amide bonds. The van der Waals surface area contributed by atoms with E-state index in [0.717, 1.165) is 21.8 Å². The molecule has 88 valence electrons. The van der Waals surface area contributed by atoms with Gasteiger partial charge in [0.2, 0.25) is 0 Å². The van der Waals surface area contributed by atoms with Gasteiger partial charge in [-0.25, -0.2) is 4.98 Å². The molecular formula is C13H9ClN4. The van der Waals surface area contributed by atoms with Crippen molar-refractivity contribution in [2.75, 3.05) is 0 Å². The number of hydrogen-bond acceptors (Lipinski definition) is 2. The van der Waals surface area contributed by atoms with Gasteiger partial charge >= 0.3 is 0 Å². The minimum atomic E-state index is 0. The minimum Gasteiger partial charge on any atom is -0.248 e. The molecule has 2 aromatic carbocycles. The van der Waals surface area contributed by atoms with Crippen LogP contribution in [0.1, 0.15) is 0 Å². The molecule has 0 atom stereocenters. The van der Waals surface area contributed by atoms with Crippen LogP contribution in [0.4, 0.5) is 5.69 Å². The second kappa shape index (κ2) is 4.92. The summed E-state index contributed by atoms with van der Waals surface area (Å²) < 4.78 is 0. The van der Waals surface area contributed by atoms with Gasteiger partial charge in [-0.3, -0.25) is 0 Å². The Bertz CT molecular complexity index is 709. The molecule has 0 N–H and O–H groups in total. The van der Waals surface area contributed by atoms with Crippen molar-refractivity contribution in [2.24, 2.45) is 5.11 Å². The second-order valence-electron chi connectivity index (χ2n) is 3.68. The third-order valence-corrected chi connectivity index (χ3v) is 2.70. The molecule has 0 unspecified atom stereocenters. The predicted molar refractivity (Wildman–Crippen MR) is 75.3 cm³/mol. The Morgan fingerprint density at radius 3 is 1.89 bits per heavy atom. The SMILES string of the molecule is Cl.[N-]=[N+]=Nc1c2ccccc2nc2ccccc12. The number of aromatic nitrogens is 1. The van der Waals surface area contributed by atoms with Gasteiger partial charge in [0.1, 0.15) is 0 Å². The fourth-order valence-corrected chi connectivity index (χ4v) is 1.97. The van der Waals surface area contributed by atoms with E-state index in [0.29, 0.717) is 5.69 Å². The largest absolute Gasteiger partial charge is 0.248 e. The molecule has 3 rings (SSSR count). The number of nitrogens with zero attached hydrogens (tertiary/aromatic N) is 4. The van der Waals surface area contributed by atoms with Crippen molar-refractivity contribution in [1.29, 1.82) is 0 Å². The highest BCUT2D eigenvalue weighted by Gasteiger charge is 2.06. The standard InChI is InChI=1S/C13H8N4.ClH/c14-17-16-13-9-5-1-3-7-11(9)15-12-8-4-2-6-10(12)13;/h1-8H;1H. The molecule has 0 radical (unpaired) electrons. The highest BCUT2D eigenvalue weighted by Crippen LogP contribution is 2.32. The lowest BCUT2D eigenvalue weighted by atomic mass is 10.1. The number of fused-ring (bicyclic) bond motifs is 2. The highest BCUT2D eigenvalue weighted by atomic mass is 35.5. The lowest BCUT2D eigenvalue weighted by Gasteiger charge is -2.05. The first-order valence-electron chi connectivity index (χ1n) is 5.23. The molecule has 3 aromatic rings. The van der Waals surface area contributed by atoms with Crippen LogP contribution in [0.2, 0.25) is 0 Å². The summed E-state index contributed by atoms with van der Waals surface area (Å²) in [4.78, 5) is 7.44. The van der Waals surface area contributed by atoms with E-state index in [1.165, 1.54) is 0 Å². The number of benzene rings is 2. The van der Waals surface area contributed by atoms with Crippen molar-refractivity contribution in [3.63, 3.8) is 0 Å². The first-order chi connectivity index (χ1) is 8.40. The molecule has 1 heterocycles. The summed E-state index contributed by atoms with van der Waals surface area (Å²) in [6.45, 7) is 0. The molecule has 0 aliphatic rings. The molecule has 0 saturated heterocycles. The first-order valence-corrected chi connectivity index (χ1v) is 5.23. The van der Waals surface area contributed by atoms with Gasteiger partial charge in [0, 0.05) is 15.7 Å². The Labute approximate surface area is 109 Å². The Morgan fingerprint density at radius 2 is 1.39 bits per heavy atom. The maximum absolute atomic E-state index is 8.68. The quantitative estimate of drug-likeness (QED) is 0.268. The van der Waals surface area contributed by atoms with Gasteiger partial charge < -0.3 is 0 Å². The molecule has 1 aromatic heterocycles. The van der Waals surface area contributed by atoms with Crippen LogP contribution in [-0.2, 0) is 0 Å². The topological polar surface area (TPSA) is 61.7 Å². The van der Waals surface area contributed by atoms with E-state index in [-0.39, 0.29) is 12.4 Å². The van der Waals surface area contributed by atoms with Crippen LogP contribution in [0.3, 0.4) is 0 Å². The number of azide groups is 1. The van der Waals surface area contributed by atoms with Gasteiger partial charge in [0.15, 0.2) is 0 Å². The van der Waals surface area contributed by atoms with Gasteiger partial charge in [0.25, 0.3) is 0 Å². The number of halogens is 1. The maximum atomic E-state index is 8.68. The lowest BCUT2D eigenvalue weighted by Crippen LogP contribution is -1.83. The Hall–Kier alpha value is -2.29. The average Bonchev–Trinajstić information content (AvgIpc) is 2.39. The zero-order valence-electron chi connectivity index (χ0n) is 9.32. The molecular weight excluding hydrogens is 248 g/mol. The van der Waals surface area contributed by atoms with Crippen LogP contribution < -0.4 is 0 Å². The van der Waals surface area contributed by atoms with E-state index in [1.807, 2.05) is 48.5 Å². The van der Waals surface area contributed by atoms with E-state index in [1.54, 1.807) is 0 Å². The van der Waals surface area contributed by atoms with Crippen molar-refractivity contribution in [3.8, 4) is 0 Å². The first kappa shape index (κ1) is 12.2. The normalized spacial score (nSPS) is 9.78. The molecule has 18 heavy (non-hydrogen) atoms. The van der Waals surface area contributed by atoms with E-state index in [2.05, 4.69) is 15.0 Å². The van der Waals surface area contributed by atoms with Crippen LogP contribution in [0.15, 0.2) is 53.6 Å². The minimum absolute atomic E-state index is 0. The van der Waals surface area contributed by atoms with Crippen LogP contribution >= 0.6 is 12.4 Å². The molecule has 0 saturated carbocycles. The summed E-state index contributed by atoms with van der Waals surface area (Å²) >= 11 is 0. The van der Waals surface area contributed by atoms with Gasteiger partial charge in [-0.15, -0.1) is 12.4 Å². The monoisotopic (exact) mass is 256 g/mol. The molecule has 0 bridgehead atoms. The van der Waals surface area contributed by atoms with Crippen LogP contribution in [0, 0.1) is 0 Å². The smallest absolute Gasteiger partial charge is 0.0714 e. The molecule has 4 nitrogen and oxygen atoms in total. The summed E-state index contributed by atoms with van der Waals surface area (Å²) in [6.07, 6.45) is 0. The lowest BCUT2D eigenvalue weighted by molar-refractivity contribution is 1.46. The Balaban J connectivity index is 0.00000120. The Kier molecular flexibility index (Phi) is 3.33. The molecule has 0 fully saturated rings. The van der Waals surface area contributed by atoms with Crippen LogP contribution in [0.25, 0.3) is 32.2 Å². The van der Waals surface area contributed by atoms with E-state index in [4.69, 9.17) is 5.53 Å². The van der Waals surface area contributed by atoms with Crippen molar-refractivity contribution in [1.82, 2.24) is 4.98 Å². The van der Waals surface area contributed by atoms with Crippen molar-refractivity contribution in [2.45, 2.75) is 0 Å². The Morgan fingerprint density at radius 1 is 0.889 bits per heavy atom. The van der Waals surface area contributed by atoms with Crippen LogP contribution in [0.5, 0.6) is 0 Å². The maximum Gasteiger partial charge on any atom is 0.0714 e. The number of hydrogen-bond donors (Lipinski definition) is 0. The summed E-state index contributed by atoms with van der Waals surface area (Å²) in [5.74, 6) is 0. The van der Waals surface area contributed by atoms with Gasteiger partial charge in [0.05, 0.1) is 16.7 Å². The van der Waals surface area contributed by atoms with E-state index in [9.17, 15) is 0 Å². The fourth-order valence-electron chi connectivity index (χ4n) is 1.97. The zero-order valence-corrected chi connectivity index (χ0v) is 10.1. The summed E-state index contributed by atoms with van der Waals surface area (Å²) in [5, 5.41) is 5.56. The molecule has 0 aliphatic carbocycles. The van der Waals surface area contributed by atoms with Crippen molar-refractivity contribution < 1.29 is 0 Å². The van der Waals surface area contributed by atoms with Gasteiger partial charge in [-0.2, -0.15) is 0 Å². The number of rotatable bonds is 1. The molecule has 5 heteroatoms. The summed E-state index contributed by atoms with van der Waals surface area (Å²) in [6, 6.07) is 15.3.